The maximum Gasteiger partial charge on any atom is 0.273 e. The van der Waals surface area contributed by atoms with Crippen molar-refractivity contribution in [2.75, 3.05) is 26.4 Å². The lowest BCUT2D eigenvalue weighted by Crippen LogP contribution is -2.52. The van der Waals surface area contributed by atoms with Gasteiger partial charge in [0.2, 0.25) is 11.8 Å². The number of amides is 4. The van der Waals surface area contributed by atoms with Gasteiger partial charge in [0.15, 0.2) is 5.69 Å². The van der Waals surface area contributed by atoms with Gasteiger partial charge in [0, 0.05) is 37.1 Å². The molecule has 1 aromatic carbocycles. The zero-order valence-corrected chi connectivity index (χ0v) is 19.6. The Bertz CT molecular complexity index is 1250. The fraction of sp³-hybridized carbons (Fsp3) is 0.500. The number of fused-ring (bicyclic) bond motifs is 1. The van der Waals surface area contributed by atoms with Crippen LogP contribution in [0, 0.1) is 5.41 Å². The highest BCUT2D eigenvalue weighted by Gasteiger charge is 2.43. The van der Waals surface area contributed by atoms with Gasteiger partial charge >= 0.3 is 0 Å². The summed E-state index contributed by atoms with van der Waals surface area (Å²) in [4.78, 5) is 50.7. The first-order chi connectivity index (χ1) is 17.4. The van der Waals surface area contributed by atoms with Crippen molar-refractivity contribution in [2.45, 2.75) is 44.4 Å². The van der Waals surface area contributed by atoms with E-state index in [4.69, 9.17) is 9.47 Å². The summed E-state index contributed by atoms with van der Waals surface area (Å²) in [7, 11) is 0. The molecule has 3 saturated heterocycles. The summed E-state index contributed by atoms with van der Waals surface area (Å²) in [6, 6.07) is 4.52. The van der Waals surface area contributed by atoms with Crippen molar-refractivity contribution in [3.63, 3.8) is 0 Å². The number of hydrogen-bond donors (Lipinski definition) is 2. The molecule has 0 aliphatic carbocycles. The summed E-state index contributed by atoms with van der Waals surface area (Å²) in [6.45, 7) is 2.78. The van der Waals surface area contributed by atoms with E-state index in [1.807, 2.05) is 0 Å². The summed E-state index contributed by atoms with van der Waals surface area (Å²) >= 11 is 0. The fourth-order valence-corrected chi connectivity index (χ4v) is 5.45. The molecule has 0 bridgehead atoms. The third kappa shape index (κ3) is 4.05. The first kappa shape index (κ1) is 22.8. The molecule has 4 aliphatic rings. The number of carbonyl (C=O) groups is 4. The van der Waals surface area contributed by atoms with Crippen LogP contribution in [0.3, 0.4) is 0 Å². The lowest BCUT2D eigenvalue weighted by atomic mass is 9.85. The summed E-state index contributed by atoms with van der Waals surface area (Å²) in [5.74, 6) is -1.36. The number of imide groups is 1. The Morgan fingerprint density at radius 1 is 1.25 bits per heavy atom. The highest BCUT2D eigenvalue weighted by Crippen LogP contribution is 2.39. The van der Waals surface area contributed by atoms with Gasteiger partial charge in [0.25, 0.3) is 11.8 Å². The molecule has 0 saturated carbocycles. The second-order valence-corrected chi connectivity index (χ2v) is 9.94. The molecule has 6 rings (SSSR count). The quantitative estimate of drug-likeness (QED) is 0.551. The van der Waals surface area contributed by atoms with Gasteiger partial charge in [0.1, 0.15) is 6.04 Å². The fourth-order valence-electron chi connectivity index (χ4n) is 5.45. The summed E-state index contributed by atoms with van der Waals surface area (Å²) in [5, 5.41) is 13.3. The Morgan fingerprint density at radius 3 is 2.94 bits per heavy atom. The minimum Gasteiger partial charge on any atom is -0.381 e. The third-order valence-corrected chi connectivity index (χ3v) is 7.46. The van der Waals surface area contributed by atoms with Crippen molar-refractivity contribution in [3.8, 4) is 5.69 Å². The Balaban J connectivity index is 1.10. The molecule has 12 nitrogen and oxygen atoms in total. The largest absolute Gasteiger partial charge is 0.381 e. The van der Waals surface area contributed by atoms with Crippen LogP contribution in [-0.2, 0) is 25.6 Å². The van der Waals surface area contributed by atoms with Crippen LogP contribution >= 0.6 is 0 Å². The molecule has 1 spiro atoms. The molecule has 12 heteroatoms. The Kier molecular flexibility index (Phi) is 5.56. The summed E-state index contributed by atoms with van der Waals surface area (Å²) in [6.07, 6.45) is 3.85. The van der Waals surface area contributed by atoms with Crippen LogP contribution < -0.4 is 10.6 Å². The van der Waals surface area contributed by atoms with E-state index in [0.717, 1.165) is 25.0 Å². The van der Waals surface area contributed by atoms with E-state index in [1.165, 1.54) is 15.8 Å². The van der Waals surface area contributed by atoms with Gasteiger partial charge in [-0.1, -0.05) is 5.21 Å². The Hall–Kier alpha value is -3.64. The number of aromatic nitrogens is 3. The van der Waals surface area contributed by atoms with Crippen molar-refractivity contribution in [3.05, 3.63) is 41.2 Å². The first-order valence-corrected chi connectivity index (χ1v) is 12.1. The Morgan fingerprint density at radius 2 is 2.14 bits per heavy atom. The number of benzene rings is 1. The highest BCUT2D eigenvalue weighted by atomic mass is 16.5. The molecule has 3 atom stereocenters. The number of ether oxygens (including phenoxy) is 2. The molecular formula is C24H26N6O6. The zero-order valence-electron chi connectivity index (χ0n) is 19.6. The number of nitrogens with zero attached hydrogens (tertiary/aromatic N) is 4. The maximum absolute atomic E-state index is 12.9. The van der Waals surface area contributed by atoms with Crippen molar-refractivity contribution in [1.29, 1.82) is 0 Å². The van der Waals surface area contributed by atoms with E-state index in [0.29, 0.717) is 37.4 Å². The topological polar surface area (TPSA) is 145 Å². The molecule has 3 unspecified atom stereocenters. The first-order valence-electron chi connectivity index (χ1n) is 12.1. The monoisotopic (exact) mass is 494 g/mol. The molecule has 5 heterocycles. The molecule has 36 heavy (non-hydrogen) atoms. The molecule has 188 valence electrons. The average Bonchev–Trinajstić information content (AvgIpc) is 3.66. The zero-order chi connectivity index (χ0) is 24.9. The second kappa shape index (κ2) is 8.79. The normalized spacial score (nSPS) is 27.6. The molecule has 2 aromatic rings. The average molecular weight is 495 g/mol. The van der Waals surface area contributed by atoms with E-state index in [-0.39, 0.29) is 47.9 Å². The smallest absolute Gasteiger partial charge is 0.273 e. The molecule has 1 aromatic heterocycles. The van der Waals surface area contributed by atoms with Gasteiger partial charge in [-0.3, -0.25) is 24.5 Å². The minimum absolute atomic E-state index is 0.0488. The van der Waals surface area contributed by atoms with E-state index in [9.17, 15) is 19.2 Å². The number of rotatable bonds is 5. The lowest BCUT2D eigenvalue weighted by molar-refractivity contribution is -0.136. The van der Waals surface area contributed by atoms with Gasteiger partial charge < -0.3 is 19.7 Å². The molecule has 0 radical (unpaired) electrons. The van der Waals surface area contributed by atoms with Crippen LogP contribution in [0.15, 0.2) is 24.4 Å². The van der Waals surface area contributed by atoms with Crippen LogP contribution in [0.5, 0.6) is 0 Å². The number of nitrogens with one attached hydrogen (secondary N) is 2. The maximum atomic E-state index is 12.9. The minimum atomic E-state index is -0.673. The van der Waals surface area contributed by atoms with Gasteiger partial charge in [-0.15, -0.1) is 5.10 Å². The van der Waals surface area contributed by atoms with Crippen LogP contribution in [0.4, 0.5) is 0 Å². The van der Waals surface area contributed by atoms with E-state index in [1.54, 1.807) is 18.2 Å². The van der Waals surface area contributed by atoms with Crippen molar-refractivity contribution in [2.24, 2.45) is 5.41 Å². The van der Waals surface area contributed by atoms with Crippen molar-refractivity contribution >= 4 is 23.6 Å². The van der Waals surface area contributed by atoms with Crippen molar-refractivity contribution in [1.82, 2.24) is 30.5 Å². The number of piperidine rings is 1. The van der Waals surface area contributed by atoms with Crippen molar-refractivity contribution < 1.29 is 28.7 Å². The van der Waals surface area contributed by atoms with Crippen LogP contribution in [0.1, 0.15) is 52.1 Å². The van der Waals surface area contributed by atoms with E-state index < -0.39 is 11.9 Å². The molecule has 4 aliphatic heterocycles. The van der Waals surface area contributed by atoms with Gasteiger partial charge in [-0.2, -0.15) is 0 Å². The molecule has 4 amide bonds. The molecular weight excluding hydrogens is 468 g/mol. The van der Waals surface area contributed by atoms with Crippen LogP contribution in [-0.4, -0.2) is 82.0 Å². The number of hydrogen-bond acceptors (Lipinski definition) is 8. The SMILES string of the molecule is O=C1CCC(N2Cc3cc(-n4cc(C(=O)NCC5CC6(CCOC6)CO5)nn4)ccc3C2=O)C(=O)N1. The van der Waals surface area contributed by atoms with Gasteiger partial charge in [-0.25, -0.2) is 4.68 Å². The van der Waals surface area contributed by atoms with Crippen LogP contribution in [0.2, 0.25) is 0 Å². The highest BCUT2D eigenvalue weighted by molar-refractivity contribution is 6.05. The van der Waals surface area contributed by atoms with Gasteiger partial charge in [-0.05, 0) is 43.0 Å². The second-order valence-electron chi connectivity index (χ2n) is 9.94. The molecule has 2 N–H and O–H groups in total. The van der Waals surface area contributed by atoms with Gasteiger partial charge in [0.05, 0.1) is 31.2 Å². The number of carbonyl (C=O) groups excluding carboxylic acids is 4. The van der Waals surface area contributed by atoms with Crippen LogP contribution in [0.25, 0.3) is 5.69 Å². The van der Waals surface area contributed by atoms with E-state index in [2.05, 4.69) is 20.9 Å². The third-order valence-electron chi connectivity index (χ3n) is 7.46. The Labute approximate surface area is 206 Å². The standard InChI is InChI=1S/C24H26N6O6/c31-20-4-3-19(22(33)26-20)29-10-14-7-15(1-2-17(14)23(29)34)30-11-18(27-28-30)21(32)25-9-16-8-24(13-36-16)5-6-35-12-24/h1-2,7,11,16,19H,3-6,8-10,12-13H2,(H,25,32)(H,26,31,33). The van der Waals surface area contributed by atoms with E-state index >= 15 is 0 Å². The predicted molar refractivity (Wildman–Crippen MR) is 122 cm³/mol. The lowest BCUT2D eigenvalue weighted by Gasteiger charge is -2.29. The summed E-state index contributed by atoms with van der Waals surface area (Å²) < 4.78 is 12.8. The summed E-state index contributed by atoms with van der Waals surface area (Å²) in [5.41, 5.74) is 2.14. The predicted octanol–water partition coefficient (Wildman–Crippen LogP) is -0.0463. The molecule has 3 fully saturated rings.